The van der Waals surface area contributed by atoms with Gasteiger partial charge in [-0.05, 0) is 53.6 Å². The minimum atomic E-state index is -0.970. The van der Waals surface area contributed by atoms with Gasteiger partial charge in [-0.2, -0.15) is 0 Å². The molecule has 6 nitrogen and oxygen atoms in total. The fourth-order valence-corrected chi connectivity index (χ4v) is 4.56. The average molecular weight is 476 g/mol. The highest BCUT2D eigenvalue weighted by atomic mass is 19.1. The second-order valence-electron chi connectivity index (χ2n) is 9.29. The first-order chi connectivity index (χ1) is 16.2. The van der Waals surface area contributed by atoms with Gasteiger partial charge in [0.2, 0.25) is 5.91 Å². The van der Waals surface area contributed by atoms with Crippen LogP contribution in [-0.4, -0.2) is 54.5 Å². The number of aliphatic hydroxyl groups is 2. The molecule has 0 aliphatic carbocycles. The molecule has 3 rings (SSSR count). The number of fused-ring (bicyclic) bond motifs is 1. The summed E-state index contributed by atoms with van der Waals surface area (Å²) in [5.41, 5.74) is 3.74. The Morgan fingerprint density at radius 2 is 1.88 bits per heavy atom. The Kier molecular flexibility index (Phi) is 8.99. The van der Waals surface area contributed by atoms with E-state index in [4.69, 9.17) is 0 Å². The molecule has 3 atom stereocenters. The largest absolute Gasteiger partial charge is 0.395 e. The molecule has 0 spiro atoms. The number of carbonyl (C=O) groups excluding carboxylic acids is 1. The van der Waals surface area contributed by atoms with Crippen LogP contribution >= 0.6 is 0 Å². The van der Waals surface area contributed by atoms with Crippen molar-refractivity contribution in [3.8, 4) is 0 Å². The van der Waals surface area contributed by atoms with E-state index in [-0.39, 0.29) is 31.5 Å². The van der Waals surface area contributed by atoms with E-state index >= 15 is 0 Å². The second-order valence-corrected chi connectivity index (χ2v) is 9.29. The Morgan fingerprint density at radius 3 is 2.50 bits per heavy atom. The fraction of sp³-hybridized carbons (Fsp3) is 0.500. The number of benzene rings is 2. The Labute approximate surface area is 200 Å². The number of aliphatic hydroxyl groups excluding tert-OH is 2. The Bertz CT molecular complexity index is 966. The molecular weight excluding hydrogens is 440 g/mol. The van der Waals surface area contributed by atoms with Gasteiger partial charge in [0, 0.05) is 44.4 Å². The van der Waals surface area contributed by atoms with Gasteiger partial charge in [0.05, 0.1) is 18.8 Å². The van der Waals surface area contributed by atoms with Crippen molar-refractivity contribution in [2.24, 2.45) is 0 Å². The maximum absolute atomic E-state index is 13.6. The van der Waals surface area contributed by atoms with Gasteiger partial charge in [-0.1, -0.05) is 26.0 Å². The number of halogens is 2. The van der Waals surface area contributed by atoms with Gasteiger partial charge in [0.15, 0.2) is 0 Å². The smallest absolute Gasteiger partial charge is 0.217 e. The maximum Gasteiger partial charge on any atom is 0.217 e. The second kappa shape index (κ2) is 11.7. The number of anilines is 1. The van der Waals surface area contributed by atoms with E-state index in [1.165, 1.54) is 24.6 Å². The van der Waals surface area contributed by atoms with Gasteiger partial charge < -0.3 is 25.7 Å². The summed E-state index contributed by atoms with van der Waals surface area (Å²) in [5, 5.41) is 26.5. The van der Waals surface area contributed by atoms with Crippen LogP contribution in [0, 0.1) is 11.6 Å². The fourth-order valence-electron chi connectivity index (χ4n) is 4.56. The number of nitrogens with one attached hydrogen (secondary N) is 2. The van der Waals surface area contributed by atoms with E-state index in [2.05, 4.69) is 47.6 Å². The quantitative estimate of drug-likeness (QED) is 0.425. The lowest BCUT2D eigenvalue weighted by molar-refractivity contribution is -0.120. The maximum atomic E-state index is 13.6. The SMILES string of the molecule is CC(=O)N[C@@H](Cc1cc(F)cc(F)c1)[C@@H](O)CN[C@H]1CCN(CCO)c2ccc(C(C)C)cc21. The summed E-state index contributed by atoms with van der Waals surface area (Å²) in [5.74, 6) is -1.36. The van der Waals surface area contributed by atoms with Crippen molar-refractivity contribution in [2.45, 2.75) is 57.7 Å². The number of β-amino-alcohol motifs (C(OH)–C–C–N with tert-alkyl or cyclic N) is 1. The van der Waals surface area contributed by atoms with E-state index in [1.54, 1.807) is 0 Å². The standard InChI is InChI=1S/C26H35F2N3O3/c1-16(2)19-4-5-25-22(13-19)23(6-7-31(25)8-9-32)29-15-26(34)24(30-17(3)33)12-18-10-20(27)14-21(28)11-18/h4-5,10-11,13-14,16,23-24,26,29,32,34H,6-9,12,15H2,1-3H3,(H,30,33)/t23-,24-,26-/m0/s1. The number of rotatable bonds is 10. The Hall–Kier alpha value is -2.55. The highest BCUT2D eigenvalue weighted by Crippen LogP contribution is 2.35. The third-order valence-electron chi connectivity index (χ3n) is 6.30. The molecule has 1 amide bonds. The van der Waals surface area contributed by atoms with Gasteiger partial charge in [0.25, 0.3) is 0 Å². The van der Waals surface area contributed by atoms with Crippen LogP contribution in [0.5, 0.6) is 0 Å². The topological polar surface area (TPSA) is 84.8 Å². The molecular formula is C26H35F2N3O3. The van der Waals surface area contributed by atoms with Gasteiger partial charge in [0.1, 0.15) is 11.6 Å². The molecule has 1 heterocycles. The van der Waals surface area contributed by atoms with Crippen LogP contribution in [0.25, 0.3) is 0 Å². The molecule has 0 fully saturated rings. The zero-order chi connectivity index (χ0) is 24.8. The molecule has 4 N–H and O–H groups in total. The van der Waals surface area contributed by atoms with Crippen LogP contribution in [0.15, 0.2) is 36.4 Å². The van der Waals surface area contributed by atoms with Crippen LogP contribution in [0.4, 0.5) is 14.5 Å². The molecule has 0 unspecified atom stereocenters. The highest BCUT2D eigenvalue weighted by Gasteiger charge is 2.28. The monoisotopic (exact) mass is 475 g/mol. The lowest BCUT2D eigenvalue weighted by Crippen LogP contribution is -2.49. The first-order valence-corrected chi connectivity index (χ1v) is 11.8. The molecule has 0 radical (unpaired) electrons. The van der Waals surface area contributed by atoms with Crippen molar-refractivity contribution < 1.29 is 23.8 Å². The highest BCUT2D eigenvalue weighted by molar-refractivity contribution is 5.73. The van der Waals surface area contributed by atoms with Crippen LogP contribution in [0.3, 0.4) is 0 Å². The Balaban J connectivity index is 1.75. The summed E-state index contributed by atoms with van der Waals surface area (Å²) in [6.45, 7) is 7.20. The molecule has 0 saturated carbocycles. The van der Waals surface area contributed by atoms with Crippen molar-refractivity contribution in [2.75, 3.05) is 31.1 Å². The van der Waals surface area contributed by atoms with Gasteiger partial charge in [-0.3, -0.25) is 4.79 Å². The summed E-state index contributed by atoms with van der Waals surface area (Å²) >= 11 is 0. The van der Waals surface area contributed by atoms with Crippen molar-refractivity contribution in [1.29, 1.82) is 0 Å². The molecule has 2 aromatic rings. The van der Waals surface area contributed by atoms with Crippen molar-refractivity contribution >= 4 is 11.6 Å². The van der Waals surface area contributed by atoms with E-state index in [0.717, 1.165) is 30.3 Å². The lowest BCUT2D eigenvalue weighted by atomic mass is 9.91. The minimum Gasteiger partial charge on any atom is -0.395 e. The number of hydrogen-bond acceptors (Lipinski definition) is 5. The van der Waals surface area contributed by atoms with Crippen LogP contribution in [-0.2, 0) is 11.2 Å². The van der Waals surface area contributed by atoms with Crippen LogP contribution < -0.4 is 15.5 Å². The van der Waals surface area contributed by atoms with E-state index in [9.17, 15) is 23.8 Å². The minimum absolute atomic E-state index is 0.0112. The van der Waals surface area contributed by atoms with Crippen molar-refractivity contribution in [3.05, 3.63) is 64.7 Å². The average Bonchev–Trinajstić information content (AvgIpc) is 2.76. The number of amides is 1. The first-order valence-electron chi connectivity index (χ1n) is 11.8. The zero-order valence-electron chi connectivity index (χ0n) is 20.0. The molecule has 2 aromatic carbocycles. The number of nitrogens with zero attached hydrogens (tertiary/aromatic N) is 1. The molecule has 0 saturated heterocycles. The summed E-state index contributed by atoms with van der Waals surface area (Å²) in [7, 11) is 0. The van der Waals surface area contributed by atoms with Gasteiger partial charge >= 0.3 is 0 Å². The van der Waals surface area contributed by atoms with Crippen molar-refractivity contribution in [3.63, 3.8) is 0 Å². The third-order valence-corrected chi connectivity index (χ3v) is 6.30. The third kappa shape index (κ3) is 6.74. The Morgan fingerprint density at radius 1 is 1.18 bits per heavy atom. The van der Waals surface area contributed by atoms with E-state index in [1.807, 2.05) is 0 Å². The normalized spacial score (nSPS) is 17.4. The predicted molar refractivity (Wildman–Crippen MR) is 129 cm³/mol. The molecule has 0 bridgehead atoms. The summed E-state index contributed by atoms with van der Waals surface area (Å²) < 4.78 is 27.3. The summed E-state index contributed by atoms with van der Waals surface area (Å²) in [4.78, 5) is 13.9. The van der Waals surface area contributed by atoms with Crippen molar-refractivity contribution in [1.82, 2.24) is 10.6 Å². The van der Waals surface area contributed by atoms with Crippen LogP contribution in [0.2, 0.25) is 0 Å². The molecule has 186 valence electrons. The summed E-state index contributed by atoms with van der Waals surface area (Å²) in [6.07, 6.45) is -0.0798. The zero-order valence-corrected chi connectivity index (χ0v) is 20.0. The molecule has 1 aliphatic rings. The number of carbonyl (C=O) groups is 1. The van der Waals surface area contributed by atoms with Gasteiger partial charge in [-0.25, -0.2) is 8.78 Å². The molecule has 8 heteroatoms. The predicted octanol–water partition coefficient (Wildman–Crippen LogP) is 3.03. The molecule has 0 aromatic heterocycles. The lowest BCUT2D eigenvalue weighted by Gasteiger charge is -2.37. The number of hydrogen-bond donors (Lipinski definition) is 4. The first kappa shape index (κ1) is 26.1. The van der Waals surface area contributed by atoms with Gasteiger partial charge in [-0.15, -0.1) is 0 Å². The van der Waals surface area contributed by atoms with E-state index in [0.29, 0.717) is 18.0 Å². The molecule has 1 aliphatic heterocycles. The van der Waals surface area contributed by atoms with E-state index < -0.39 is 23.8 Å². The molecule has 34 heavy (non-hydrogen) atoms. The van der Waals surface area contributed by atoms with Crippen LogP contribution in [0.1, 0.15) is 55.8 Å². The summed E-state index contributed by atoms with van der Waals surface area (Å²) in [6, 6.07) is 8.86.